The predicted octanol–water partition coefficient (Wildman–Crippen LogP) is 3.72. The van der Waals surface area contributed by atoms with Crippen LogP contribution in [0.25, 0.3) is 0 Å². The number of halogens is 2. The average molecular weight is 326 g/mol. The quantitative estimate of drug-likeness (QED) is 0.934. The number of hydrogen-bond acceptors (Lipinski definition) is 2. The molecule has 1 unspecified atom stereocenters. The van der Waals surface area contributed by atoms with E-state index >= 15 is 0 Å². The summed E-state index contributed by atoms with van der Waals surface area (Å²) < 4.78 is 16.6. The number of rotatable bonds is 3. The maximum absolute atomic E-state index is 14.0. The topological polar surface area (TPSA) is 43.8 Å². The first-order chi connectivity index (χ1) is 8.91. The van der Waals surface area contributed by atoms with Gasteiger partial charge in [-0.05, 0) is 42.8 Å². The minimum Gasteiger partial charge on any atom is -0.319 e. The molecule has 0 saturated heterocycles. The molecule has 0 aliphatic rings. The van der Waals surface area contributed by atoms with Crippen molar-refractivity contribution in [3.63, 3.8) is 0 Å². The van der Waals surface area contributed by atoms with Gasteiger partial charge in [-0.15, -0.1) is 0 Å². The Balaban J connectivity index is 2.52. The van der Waals surface area contributed by atoms with Crippen molar-refractivity contribution in [1.29, 1.82) is 0 Å². The van der Waals surface area contributed by atoms with Gasteiger partial charge in [-0.3, -0.25) is 4.68 Å². The average Bonchev–Trinajstić information content (AvgIpc) is 2.73. The third-order valence-electron chi connectivity index (χ3n) is 3.06. The highest BCUT2D eigenvalue weighted by Crippen LogP contribution is 2.30. The van der Waals surface area contributed by atoms with Crippen molar-refractivity contribution in [1.82, 2.24) is 9.78 Å². The van der Waals surface area contributed by atoms with Gasteiger partial charge in [-0.2, -0.15) is 5.10 Å². The smallest absolute Gasteiger partial charge is 0.128 e. The van der Waals surface area contributed by atoms with E-state index in [1.807, 2.05) is 25.5 Å². The van der Waals surface area contributed by atoms with E-state index in [1.54, 1.807) is 18.3 Å². The number of hydrogen-bond donors (Lipinski definition) is 1. The lowest BCUT2D eigenvalue weighted by Gasteiger charge is -2.18. The van der Waals surface area contributed by atoms with E-state index in [-0.39, 0.29) is 11.9 Å². The van der Waals surface area contributed by atoms with Crippen molar-refractivity contribution in [2.45, 2.75) is 32.9 Å². The molecule has 0 fully saturated rings. The van der Waals surface area contributed by atoms with E-state index in [0.29, 0.717) is 5.56 Å². The molecule has 0 aliphatic heterocycles. The Morgan fingerprint density at radius 3 is 2.68 bits per heavy atom. The predicted molar refractivity (Wildman–Crippen MR) is 77.5 cm³/mol. The number of benzene rings is 1. The maximum atomic E-state index is 14.0. The lowest BCUT2D eigenvalue weighted by molar-refractivity contribution is 0.493. The van der Waals surface area contributed by atoms with Crippen molar-refractivity contribution in [3.8, 4) is 0 Å². The molecule has 102 valence electrons. The van der Waals surface area contributed by atoms with E-state index in [9.17, 15) is 4.39 Å². The van der Waals surface area contributed by atoms with Crippen LogP contribution in [0.15, 0.2) is 28.9 Å². The first-order valence-corrected chi connectivity index (χ1v) is 6.95. The summed E-state index contributed by atoms with van der Waals surface area (Å²) >= 11 is 3.44. The van der Waals surface area contributed by atoms with Crippen molar-refractivity contribution >= 4 is 15.9 Å². The second kappa shape index (κ2) is 5.43. The third kappa shape index (κ3) is 2.72. The van der Waals surface area contributed by atoms with Gasteiger partial charge < -0.3 is 5.73 Å². The molecule has 0 spiro atoms. The van der Waals surface area contributed by atoms with E-state index in [2.05, 4.69) is 21.0 Å². The molecule has 0 amide bonds. The molecule has 1 atom stereocenters. The Labute approximate surface area is 120 Å². The minimum absolute atomic E-state index is 0.167. The largest absolute Gasteiger partial charge is 0.319 e. The van der Waals surface area contributed by atoms with E-state index in [1.165, 1.54) is 6.07 Å². The van der Waals surface area contributed by atoms with Crippen LogP contribution >= 0.6 is 15.9 Å². The Morgan fingerprint density at radius 1 is 1.37 bits per heavy atom. The van der Waals surface area contributed by atoms with Crippen LogP contribution < -0.4 is 5.73 Å². The van der Waals surface area contributed by atoms with Crippen LogP contribution in [-0.4, -0.2) is 9.78 Å². The van der Waals surface area contributed by atoms with Gasteiger partial charge in [0, 0.05) is 11.6 Å². The standard InChI is InChI=1S/C14H17BrFN3/c1-8(2)19-14(11(15)7-18-19)13(17)10-6-9(3)4-5-12(10)16/h4-8,13H,17H2,1-3H3. The highest BCUT2D eigenvalue weighted by Gasteiger charge is 2.22. The zero-order valence-electron chi connectivity index (χ0n) is 11.2. The van der Waals surface area contributed by atoms with Gasteiger partial charge in [0.2, 0.25) is 0 Å². The molecular formula is C14H17BrFN3. The minimum atomic E-state index is -0.542. The van der Waals surface area contributed by atoms with Crippen LogP contribution in [0.2, 0.25) is 0 Å². The van der Waals surface area contributed by atoms with E-state index in [0.717, 1.165) is 15.7 Å². The van der Waals surface area contributed by atoms with Gasteiger partial charge in [-0.25, -0.2) is 4.39 Å². The summed E-state index contributed by atoms with van der Waals surface area (Å²) in [5.74, 6) is -0.290. The third-order valence-corrected chi connectivity index (χ3v) is 3.67. The lowest BCUT2D eigenvalue weighted by atomic mass is 10.0. The van der Waals surface area contributed by atoms with Gasteiger partial charge in [0.1, 0.15) is 5.82 Å². The molecule has 2 rings (SSSR count). The summed E-state index contributed by atoms with van der Waals surface area (Å²) in [5, 5.41) is 4.28. The molecule has 2 N–H and O–H groups in total. The second-order valence-electron chi connectivity index (χ2n) is 4.92. The maximum Gasteiger partial charge on any atom is 0.128 e. The molecule has 1 heterocycles. The van der Waals surface area contributed by atoms with Gasteiger partial charge in [-0.1, -0.05) is 17.7 Å². The Bertz CT molecular complexity index is 592. The van der Waals surface area contributed by atoms with Gasteiger partial charge in [0.25, 0.3) is 0 Å². The van der Waals surface area contributed by atoms with Crippen molar-refractivity contribution < 1.29 is 4.39 Å². The fraction of sp³-hybridized carbons (Fsp3) is 0.357. The normalized spacial score (nSPS) is 13.0. The summed E-state index contributed by atoms with van der Waals surface area (Å²) in [4.78, 5) is 0. The Kier molecular flexibility index (Phi) is 4.06. The molecule has 0 saturated carbocycles. The van der Waals surface area contributed by atoms with Crippen LogP contribution in [0.1, 0.15) is 42.8 Å². The number of nitrogens with two attached hydrogens (primary N) is 1. The second-order valence-corrected chi connectivity index (χ2v) is 5.77. The van der Waals surface area contributed by atoms with E-state index in [4.69, 9.17) is 5.73 Å². The molecule has 0 radical (unpaired) electrons. The molecule has 2 aromatic rings. The van der Waals surface area contributed by atoms with Gasteiger partial charge in [0.15, 0.2) is 0 Å². The monoisotopic (exact) mass is 325 g/mol. The van der Waals surface area contributed by atoms with Crippen LogP contribution in [0.3, 0.4) is 0 Å². The summed E-state index contributed by atoms with van der Waals surface area (Å²) in [6.07, 6.45) is 1.70. The summed E-state index contributed by atoms with van der Waals surface area (Å²) in [5.41, 5.74) is 8.50. The molecule has 5 heteroatoms. The van der Waals surface area contributed by atoms with Gasteiger partial charge >= 0.3 is 0 Å². The zero-order valence-corrected chi connectivity index (χ0v) is 12.8. The summed E-state index contributed by atoms with van der Waals surface area (Å²) in [6.45, 7) is 5.95. The fourth-order valence-electron chi connectivity index (χ4n) is 2.10. The van der Waals surface area contributed by atoms with Crippen LogP contribution in [0.4, 0.5) is 4.39 Å². The molecule has 0 bridgehead atoms. The van der Waals surface area contributed by atoms with Gasteiger partial charge in [0.05, 0.1) is 22.4 Å². The highest BCUT2D eigenvalue weighted by atomic mass is 79.9. The Morgan fingerprint density at radius 2 is 2.05 bits per heavy atom. The summed E-state index contributed by atoms with van der Waals surface area (Å²) in [6, 6.07) is 4.60. The number of aromatic nitrogens is 2. The lowest BCUT2D eigenvalue weighted by Crippen LogP contribution is -2.20. The zero-order chi connectivity index (χ0) is 14.2. The molecule has 1 aromatic carbocycles. The summed E-state index contributed by atoms with van der Waals surface area (Å²) in [7, 11) is 0. The van der Waals surface area contributed by atoms with Crippen LogP contribution in [-0.2, 0) is 0 Å². The molecular weight excluding hydrogens is 309 g/mol. The van der Waals surface area contributed by atoms with Crippen molar-refractivity contribution in [2.24, 2.45) is 5.73 Å². The molecule has 1 aromatic heterocycles. The first kappa shape index (κ1) is 14.2. The SMILES string of the molecule is Cc1ccc(F)c(C(N)c2c(Br)cnn2C(C)C)c1. The van der Waals surface area contributed by atoms with Crippen molar-refractivity contribution in [2.75, 3.05) is 0 Å². The Hall–Kier alpha value is -1.20. The fourth-order valence-corrected chi connectivity index (χ4v) is 2.62. The number of nitrogens with zero attached hydrogens (tertiary/aromatic N) is 2. The van der Waals surface area contributed by atoms with Crippen molar-refractivity contribution in [3.05, 3.63) is 51.5 Å². The molecule has 3 nitrogen and oxygen atoms in total. The van der Waals surface area contributed by atoms with Crippen LogP contribution in [0, 0.1) is 12.7 Å². The highest BCUT2D eigenvalue weighted by molar-refractivity contribution is 9.10. The first-order valence-electron chi connectivity index (χ1n) is 6.16. The molecule has 0 aliphatic carbocycles. The number of aryl methyl sites for hydroxylation is 1. The van der Waals surface area contributed by atoms with E-state index < -0.39 is 6.04 Å². The van der Waals surface area contributed by atoms with Crippen LogP contribution in [0.5, 0.6) is 0 Å². The molecule has 19 heavy (non-hydrogen) atoms.